The number of carbonyl (C=O) groups excluding carboxylic acids is 13. The predicted molar refractivity (Wildman–Crippen MR) is 400 cm³/mol. The van der Waals surface area contributed by atoms with Crippen LogP contribution in [-0.2, 0) is 92.5 Å². The fraction of sp³-hybridized carbons (Fsp3) is 0.653. The van der Waals surface area contributed by atoms with Gasteiger partial charge in [0.15, 0.2) is 0 Å². The number of aliphatic carboxylic acids is 2. The summed E-state index contributed by atoms with van der Waals surface area (Å²) in [5.74, 6) is -12.2. The smallest absolute Gasteiger partial charge is 0.315 e. The molecular weight excluding hydrogens is 1440 g/mol. The molecule has 4 rings (SSSR count). The molecule has 0 saturated carbocycles. The van der Waals surface area contributed by atoms with Crippen LogP contribution in [0.1, 0.15) is 138 Å². The topological polar surface area (TPSA) is 542 Å². The van der Waals surface area contributed by atoms with Crippen molar-refractivity contribution in [1.29, 1.82) is 0 Å². The van der Waals surface area contributed by atoms with Crippen molar-refractivity contribution in [3.05, 3.63) is 48.0 Å². The summed E-state index contributed by atoms with van der Waals surface area (Å²) in [5.41, 5.74) is 11.7. The van der Waals surface area contributed by atoms with Gasteiger partial charge in [-0.25, -0.2) is 4.79 Å². The Morgan fingerprint density at radius 1 is 0.505 bits per heavy atom. The first-order chi connectivity index (χ1) is 51.9. The normalized spacial score (nSPS) is 17.4. The van der Waals surface area contributed by atoms with Gasteiger partial charge >= 0.3 is 18.0 Å². The number of hydrogen-bond acceptors (Lipinski definition) is 21. The summed E-state index contributed by atoms with van der Waals surface area (Å²) < 4.78 is 21.7. The SMILES string of the molecule is CC[C@H](C)[C@H](NC(=O)[C@H](C)NC(=O)COCCOCCNC(=O)COCCOCCNC(=O)CCCC[C@@H]1SC[C@@H]2NC(=O)N[C@@H]21)C(=O)N[C@@H](CCC(=O)O)C(=O)N[C@@H](CCCCN)C(=O)N[C@@H](C)C(=O)N[C@@H](Cc1ccc2ccccc2c1)C(=O)N[C@@H](CCC(=O)O)C(=O)N[C@H](C(=O)N[C@@H](C)C(N)=O)[C@@H](C)CC. The highest BCUT2D eigenvalue weighted by molar-refractivity contribution is 8.00. The molecule has 14 amide bonds. The van der Waals surface area contributed by atoms with Crippen LogP contribution in [0.15, 0.2) is 42.5 Å². The molecule has 2 saturated heterocycles. The van der Waals surface area contributed by atoms with Gasteiger partial charge in [0.2, 0.25) is 70.9 Å². The number of ether oxygens (including phenoxy) is 4. The number of primary amides is 1. The molecule has 2 aromatic rings. The van der Waals surface area contributed by atoms with Gasteiger partial charge in [-0.15, -0.1) is 0 Å². The van der Waals surface area contributed by atoms with Crippen molar-refractivity contribution in [3.8, 4) is 0 Å². The van der Waals surface area contributed by atoms with Gasteiger partial charge in [-0.2, -0.15) is 11.8 Å². The number of fused-ring (bicyclic) bond motifs is 2. The second-order valence-corrected chi connectivity index (χ2v) is 28.3. The van der Waals surface area contributed by atoms with Crippen LogP contribution in [0.4, 0.5) is 4.79 Å². The van der Waals surface area contributed by atoms with E-state index in [0.717, 1.165) is 35.8 Å². The maximum absolute atomic E-state index is 14.5. The zero-order valence-electron chi connectivity index (χ0n) is 63.2. The lowest BCUT2D eigenvalue weighted by atomic mass is 9.97. The molecule has 608 valence electrons. The Hall–Kier alpha value is -9.30. The van der Waals surface area contributed by atoms with Crippen LogP contribution in [0.5, 0.6) is 0 Å². The second kappa shape index (κ2) is 49.7. The number of thioether (sulfide) groups is 1. The molecule has 2 aliphatic heterocycles. The lowest BCUT2D eigenvalue weighted by Crippen LogP contribution is -2.61. The van der Waals surface area contributed by atoms with E-state index in [4.69, 9.17) is 30.4 Å². The minimum Gasteiger partial charge on any atom is -0.481 e. The molecule has 0 aliphatic carbocycles. The van der Waals surface area contributed by atoms with E-state index in [0.29, 0.717) is 43.0 Å². The number of carboxylic acid groups (broad SMARTS) is 2. The molecule has 37 heteroatoms. The minimum absolute atomic E-state index is 0.0316. The Labute approximate surface area is 638 Å². The van der Waals surface area contributed by atoms with Crippen LogP contribution in [-0.4, -0.2) is 249 Å². The van der Waals surface area contributed by atoms with Crippen molar-refractivity contribution in [2.24, 2.45) is 23.3 Å². The van der Waals surface area contributed by atoms with Crippen molar-refractivity contribution in [1.82, 2.24) is 69.1 Å². The molecule has 14 atom stereocenters. The van der Waals surface area contributed by atoms with E-state index in [1.165, 1.54) is 20.8 Å². The average Bonchev–Trinajstić information content (AvgIpc) is 1.65. The zero-order valence-corrected chi connectivity index (χ0v) is 64.0. The van der Waals surface area contributed by atoms with E-state index in [1.54, 1.807) is 52.0 Å². The molecule has 0 spiro atoms. The van der Waals surface area contributed by atoms with Crippen LogP contribution in [0.3, 0.4) is 0 Å². The van der Waals surface area contributed by atoms with Gasteiger partial charge in [0.05, 0.1) is 51.7 Å². The molecule has 2 aromatic carbocycles. The maximum Gasteiger partial charge on any atom is 0.315 e. The van der Waals surface area contributed by atoms with Gasteiger partial charge in [-0.1, -0.05) is 89.4 Å². The van der Waals surface area contributed by atoms with Gasteiger partial charge in [-0.05, 0) is 100 Å². The summed E-state index contributed by atoms with van der Waals surface area (Å²) in [6.45, 7) is 11.5. The quantitative estimate of drug-likeness (QED) is 0.0258. The van der Waals surface area contributed by atoms with Crippen molar-refractivity contribution in [3.63, 3.8) is 0 Å². The number of nitrogens with two attached hydrogens (primary N) is 2. The highest BCUT2D eigenvalue weighted by Crippen LogP contribution is 2.33. The molecule has 0 bridgehead atoms. The lowest BCUT2D eigenvalue weighted by Gasteiger charge is -2.29. The summed E-state index contributed by atoms with van der Waals surface area (Å²) in [5, 5.41) is 55.6. The molecule has 2 heterocycles. The fourth-order valence-electron chi connectivity index (χ4n) is 11.5. The first-order valence-corrected chi connectivity index (χ1v) is 38.2. The zero-order chi connectivity index (χ0) is 80.5. The van der Waals surface area contributed by atoms with Crippen molar-refractivity contribution < 1.29 is 101 Å². The second-order valence-electron chi connectivity index (χ2n) is 27.1. The van der Waals surface area contributed by atoms with Crippen molar-refractivity contribution >= 4 is 111 Å². The molecule has 2 aliphatic rings. The number of hydrogen-bond donors (Lipinski definition) is 17. The largest absolute Gasteiger partial charge is 0.481 e. The van der Waals surface area contributed by atoms with Gasteiger partial charge in [0, 0.05) is 49.8 Å². The third-order valence-corrected chi connectivity index (χ3v) is 19.9. The van der Waals surface area contributed by atoms with Crippen LogP contribution in [0, 0.1) is 11.8 Å². The standard InChI is InChI=1S/C72H113N15O21S/c1-8-41(3)60(70(102)78-43(5)63(74)95)86-68(100)51(24-26-59(93)94)81-69(101)52(37-46-21-22-47-16-10-11-17-48(47)36-46)83-64(96)45(7)79-66(98)49(18-14-15-27-73)80-67(99)50(23-25-58(91)92)82-71(103)61(42(4)9-2)85-65(97)44(6)77-57(90)39-108-35-33-106-31-29-76-56(89)38-107-34-32-105-30-28-75-55(88)20-13-12-19-54-62-53(40-109-54)84-72(104)87-62/h10-11,16-17,21-22,36,41-45,49-54,60-62H,8-9,12-15,18-20,23-35,37-40,73H2,1-7H3,(H2,74,95)(H,75,88)(H,76,89)(H,77,90)(H,78,102)(H,79,98)(H,80,99)(H,81,101)(H,82,103)(H,83,96)(H,85,97)(H,86,100)(H,91,92)(H,93,94)(H2,84,87,104)/t41-,42-,43-,44-,45-,49-,50-,51-,52-,53-,54-,60-,61-,62-/m0/s1. The summed E-state index contributed by atoms with van der Waals surface area (Å²) in [4.78, 5) is 197. The number of carboxylic acids is 2. The average molecular weight is 1560 g/mol. The number of nitrogens with one attached hydrogen (secondary N) is 13. The third-order valence-electron chi connectivity index (χ3n) is 18.3. The van der Waals surface area contributed by atoms with E-state index >= 15 is 0 Å². The maximum atomic E-state index is 14.5. The monoisotopic (exact) mass is 1560 g/mol. The van der Waals surface area contributed by atoms with Crippen LogP contribution >= 0.6 is 11.8 Å². The number of unbranched alkanes of at least 4 members (excludes halogenated alkanes) is 2. The number of amides is 14. The van der Waals surface area contributed by atoms with Gasteiger partial charge < -0.3 is 110 Å². The number of urea groups is 1. The van der Waals surface area contributed by atoms with Gasteiger partial charge in [-0.3, -0.25) is 67.1 Å². The minimum atomic E-state index is -1.62. The lowest BCUT2D eigenvalue weighted by molar-refractivity contribution is -0.139. The highest BCUT2D eigenvalue weighted by Gasteiger charge is 2.43. The highest BCUT2D eigenvalue weighted by atomic mass is 32.2. The van der Waals surface area contributed by atoms with Gasteiger partial charge in [0.25, 0.3) is 0 Å². The molecule has 19 N–H and O–H groups in total. The Kier molecular flexibility index (Phi) is 42.0. The summed E-state index contributed by atoms with van der Waals surface area (Å²) in [6, 6.07) is 0.158. The summed E-state index contributed by atoms with van der Waals surface area (Å²) >= 11 is 1.84. The Bertz CT molecular complexity index is 3370. The summed E-state index contributed by atoms with van der Waals surface area (Å²) in [6.07, 6.45) is 1.73. The molecule has 0 aromatic heterocycles. The van der Waals surface area contributed by atoms with Crippen LogP contribution < -0.4 is 80.6 Å². The Morgan fingerprint density at radius 2 is 0.991 bits per heavy atom. The first-order valence-electron chi connectivity index (χ1n) is 37.1. The molecular formula is C72H113N15O21S. The summed E-state index contributed by atoms with van der Waals surface area (Å²) in [7, 11) is 0. The van der Waals surface area contributed by atoms with Crippen LogP contribution in [0.25, 0.3) is 10.8 Å². The third kappa shape index (κ3) is 34.4. The van der Waals surface area contributed by atoms with Gasteiger partial charge in [0.1, 0.15) is 67.6 Å². The van der Waals surface area contributed by atoms with E-state index in [-0.39, 0.29) is 109 Å². The van der Waals surface area contributed by atoms with E-state index in [2.05, 4.69) is 69.1 Å². The molecule has 0 unspecified atom stereocenters. The number of carbonyl (C=O) groups is 15. The fourth-order valence-corrected chi connectivity index (χ4v) is 13.0. The first kappa shape index (κ1) is 92.1. The van der Waals surface area contributed by atoms with Crippen molar-refractivity contribution in [2.75, 3.05) is 78.2 Å². The van der Waals surface area contributed by atoms with E-state index in [1.807, 2.05) is 30.0 Å². The molecule has 109 heavy (non-hydrogen) atoms. The van der Waals surface area contributed by atoms with Crippen molar-refractivity contribution in [2.45, 2.75) is 210 Å². The Morgan fingerprint density at radius 3 is 1.58 bits per heavy atom. The molecule has 0 radical (unpaired) electrons. The number of rotatable bonds is 55. The molecule has 36 nitrogen and oxygen atoms in total. The number of benzene rings is 2. The predicted octanol–water partition coefficient (Wildman–Crippen LogP) is -1.73. The van der Waals surface area contributed by atoms with Crippen LogP contribution in [0.2, 0.25) is 0 Å². The van der Waals surface area contributed by atoms with E-state index in [9.17, 15) is 82.1 Å². The van der Waals surface area contributed by atoms with E-state index < -0.39 is 170 Å². The Balaban J connectivity index is 1.27. The molecule has 2 fully saturated rings.